The zero-order chi connectivity index (χ0) is 41.5. The van der Waals surface area contributed by atoms with Crippen molar-refractivity contribution in [1.29, 1.82) is 0 Å². The second kappa shape index (κ2) is 26.5. The molecule has 15 heteroatoms. The second-order valence-electron chi connectivity index (χ2n) is 15.3. The third kappa shape index (κ3) is 15.4. The standard InChI is InChI=1S/C44H66N4O11/c1-46-40-42(47(33-36-9-5-3-6-10-36)44(51)48(43(40)50)34-37-11-7-4-8-12-37)45-41(46)38-16-13-35(14-17-38)15-18-39(49)59-32-31-58-30-29-57-28-27-56-26-25-55-24-23-54-22-21-53-20-19-52-2/h13-18,36-37H,3-12,19-34H2,1-2H3. The van der Waals surface area contributed by atoms with Crippen LogP contribution in [-0.2, 0) is 62.8 Å². The summed E-state index contributed by atoms with van der Waals surface area (Å²) >= 11 is 0. The van der Waals surface area contributed by atoms with E-state index in [1.807, 2.05) is 35.9 Å². The van der Waals surface area contributed by atoms with E-state index < -0.39 is 5.97 Å². The number of hydrogen-bond acceptors (Lipinski definition) is 12. The van der Waals surface area contributed by atoms with Crippen LogP contribution in [0, 0.1) is 11.8 Å². The molecule has 0 atom stereocenters. The maximum Gasteiger partial charge on any atom is 0.332 e. The number of fused-ring (bicyclic) bond motifs is 1. The number of imidazole rings is 1. The summed E-state index contributed by atoms with van der Waals surface area (Å²) in [4.78, 5) is 45.3. The van der Waals surface area contributed by atoms with E-state index >= 15 is 0 Å². The van der Waals surface area contributed by atoms with E-state index in [-0.39, 0.29) is 24.5 Å². The molecule has 0 aliphatic heterocycles. The molecule has 59 heavy (non-hydrogen) atoms. The van der Waals surface area contributed by atoms with Gasteiger partial charge in [0.15, 0.2) is 11.2 Å². The number of carbonyl (C=O) groups excluding carboxylic acids is 1. The molecule has 2 saturated carbocycles. The Morgan fingerprint density at radius 3 is 1.59 bits per heavy atom. The molecule has 2 fully saturated rings. The Bertz CT molecular complexity index is 1810. The lowest BCUT2D eigenvalue weighted by Crippen LogP contribution is -2.43. The van der Waals surface area contributed by atoms with Gasteiger partial charge in [0.1, 0.15) is 12.4 Å². The molecule has 15 nitrogen and oxygen atoms in total. The lowest BCUT2D eigenvalue weighted by atomic mass is 9.89. The molecule has 0 bridgehead atoms. The number of aryl methyl sites for hydroxylation is 1. The van der Waals surface area contributed by atoms with Gasteiger partial charge in [-0.05, 0) is 49.2 Å². The van der Waals surface area contributed by atoms with Gasteiger partial charge in [0.25, 0.3) is 5.56 Å². The Labute approximate surface area is 347 Å². The van der Waals surface area contributed by atoms with Crippen LogP contribution in [0.4, 0.5) is 0 Å². The van der Waals surface area contributed by atoms with Crippen LogP contribution in [0.15, 0.2) is 39.9 Å². The number of benzene rings is 1. The van der Waals surface area contributed by atoms with Crippen LogP contribution >= 0.6 is 0 Å². The van der Waals surface area contributed by atoms with E-state index in [9.17, 15) is 14.4 Å². The van der Waals surface area contributed by atoms with Gasteiger partial charge >= 0.3 is 11.7 Å². The summed E-state index contributed by atoms with van der Waals surface area (Å²) in [5, 5.41) is 0. The Hall–Kier alpha value is -3.70. The second-order valence-corrected chi connectivity index (χ2v) is 15.3. The zero-order valence-electron chi connectivity index (χ0n) is 35.3. The van der Waals surface area contributed by atoms with Gasteiger partial charge in [-0.1, -0.05) is 62.8 Å². The highest BCUT2D eigenvalue weighted by Gasteiger charge is 2.25. The normalized spacial score (nSPS) is 15.5. The van der Waals surface area contributed by atoms with E-state index in [0.717, 1.165) is 49.7 Å². The number of hydrogen-bond donors (Lipinski definition) is 0. The molecule has 0 saturated heterocycles. The summed E-state index contributed by atoms with van der Waals surface area (Å²) in [5.74, 6) is 0.889. The third-order valence-electron chi connectivity index (χ3n) is 10.9. The first-order valence-electron chi connectivity index (χ1n) is 21.6. The van der Waals surface area contributed by atoms with Gasteiger partial charge in [-0.3, -0.25) is 13.9 Å². The highest BCUT2D eigenvalue weighted by Crippen LogP contribution is 2.28. The summed E-state index contributed by atoms with van der Waals surface area (Å²) in [5.41, 5.74) is 2.05. The van der Waals surface area contributed by atoms with Crippen molar-refractivity contribution in [3.63, 3.8) is 0 Å². The minimum atomic E-state index is -0.471. The SMILES string of the molecule is COCCOCCOCCOCCOCCOCCOCCOC(=O)C=Cc1ccc(-c2nc3c(c(=O)n(CC4CCCCC4)c(=O)n3CC3CCCCC3)n2C)cc1. The van der Waals surface area contributed by atoms with Gasteiger partial charge in [-0.2, -0.15) is 0 Å². The number of nitrogens with zero attached hydrogens (tertiary/aromatic N) is 4. The van der Waals surface area contributed by atoms with Crippen molar-refractivity contribution in [1.82, 2.24) is 18.7 Å². The van der Waals surface area contributed by atoms with E-state index in [1.165, 1.54) is 36.3 Å². The predicted octanol–water partition coefficient (Wildman–Crippen LogP) is 5.03. The average molecular weight is 827 g/mol. The molecule has 328 valence electrons. The van der Waals surface area contributed by atoms with Crippen LogP contribution in [0.5, 0.6) is 0 Å². The average Bonchev–Trinajstić information content (AvgIpc) is 3.61. The van der Waals surface area contributed by atoms with E-state index in [2.05, 4.69) is 0 Å². The van der Waals surface area contributed by atoms with E-state index in [1.54, 1.807) is 17.8 Å². The van der Waals surface area contributed by atoms with Crippen LogP contribution in [0.1, 0.15) is 69.8 Å². The van der Waals surface area contributed by atoms with Crippen LogP contribution in [0.2, 0.25) is 0 Å². The third-order valence-corrected chi connectivity index (χ3v) is 10.9. The highest BCUT2D eigenvalue weighted by atomic mass is 16.6. The zero-order valence-corrected chi connectivity index (χ0v) is 35.3. The highest BCUT2D eigenvalue weighted by molar-refractivity contribution is 5.87. The summed E-state index contributed by atoms with van der Waals surface area (Å²) in [6, 6.07) is 7.60. The molecule has 0 N–H and O–H groups in total. The number of aromatic nitrogens is 4. The Kier molecular flexibility index (Phi) is 20.8. The van der Waals surface area contributed by atoms with E-state index in [4.69, 9.17) is 42.9 Å². The molecule has 2 aromatic heterocycles. The van der Waals surface area contributed by atoms with Crippen molar-refractivity contribution in [3.05, 3.63) is 56.7 Å². The lowest BCUT2D eigenvalue weighted by Gasteiger charge is -2.24. The van der Waals surface area contributed by atoms with Gasteiger partial charge in [0.2, 0.25) is 0 Å². The first-order valence-corrected chi connectivity index (χ1v) is 21.6. The molecule has 1 aromatic carbocycles. The molecule has 3 aromatic rings. The minimum Gasteiger partial charge on any atom is -0.460 e. The first kappa shape index (κ1) is 46.4. The summed E-state index contributed by atoms with van der Waals surface area (Å²) in [7, 11) is 3.49. The van der Waals surface area contributed by atoms with Crippen LogP contribution in [0.3, 0.4) is 0 Å². The minimum absolute atomic E-state index is 0.124. The Morgan fingerprint density at radius 1 is 0.644 bits per heavy atom. The van der Waals surface area contributed by atoms with Crippen LogP contribution in [0.25, 0.3) is 28.6 Å². The van der Waals surface area contributed by atoms with Gasteiger partial charge in [0.05, 0.1) is 85.9 Å². The molecular formula is C44H66N4O11. The number of ether oxygens (including phenoxy) is 8. The molecule has 2 aliphatic carbocycles. The molecule has 2 aliphatic rings. The van der Waals surface area contributed by atoms with Gasteiger partial charge in [-0.15, -0.1) is 0 Å². The maximum absolute atomic E-state index is 14.0. The smallest absolute Gasteiger partial charge is 0.332 e. The molecule has 5 rings (SSSR count). The number of methoxy groups -OCH3 is 1. The van der Waals surface area contributed by atoms with Crippen molar-refractivity contribution >= 4 is 23.2 Å². The molecule has 0 unspecified atom stereocenters. The van der Waals surface area contributed by atoms with Crippen LogP contribution < -0.4 is 11.2 Å². The quantitative estimate of drug-likeness (QED) is 0.0549. The van der Waals surface area contributed by atoms with Crippen molar-refractivity contribution in [3.8, 4) is 11.4 Å². The summed E-state index contributed by atoms with van der Waals surface area (Å²) in [6.07, 6.45) is 14.4. The number of carbonyl (C=O) groups is 1. The fourth-order valence-electron chi connectivity index (χ4n) is 7.70. The molecule has 0 spiro atoms. The Morgan fingerprint density at radius 2 is 1.10 bits per heavy atom. The number of rotatable bonds is 28. The van der Waals surface area contributed by atoms with E-state index in [0.29, 0.717) is 121 Å². The van der Waals surface area contributed by atoms with Crippen molar-refractivity contribution < 1.29 is 42.7 Å². The molecule has 0 amide bonds. The summed E-state index contributed by atoms with van der Waals surface area (Å²) in [6.45, 7) is 7.28. The van der Waals surface area contributed by atoms with Crippen LogP contribution in [-0.4, -0.2) is 124 Å². The Balaban J connectivity index is 0.997. The fraction of sp³-hybridized carbons (Fsp3) is 0.682. The van der Waals surface area contributed by atoms with Gasteiger partial charge in [-0.25, -0.2) is 14.6 Å². The monoisotopic (exact) mass is 826 g/mol. The first-order chi connectivity index (χ1) is 29.0. The maximum atomic E-state index is 14.0. The summed E-state index contributed by atoms with van der Waals surface area (Å²) < 4.78 is 48.0. The number of esters is 1. The largest absolute Gasteiger partial charge is 0.460 e. The molecular weight excluding hydrogens is 761 g/mol. The fourth-order valence-corrected chi connectivity index (χ4v) is 7.70. The van der Waals surface area contributed by atoms with Gasteiger partial charge in [0, 0.05) is 38.9 Å². The van der Waals surface area contributed by atoms with Gasteiger partial charge < -0.3 is 42.5 Å². The molecule has 2 heterocycles. The molecule has 0 radical (unpaired) electrons. The van der Waals surface area contributed by atoms with Crippen molar-refractivity contribution in [2.75, 3.05) is 99.6 Å². The van der Waals surface area contributed by atoms with Crippen molar-refractivity contribution in [2.24, 2.45) is 18.9 Å². The topological polar surface area (TPSA) is 153 Å². The lowest BCUT2D eigenvalue weighted by molar-refractivity contribution is -0.139. The predicted molar refractivity (Wildman–Crippen MR) is 225 cm³/mol. The van der Waals surface area contributed by atoms with Crippen molar-refractivity contribution in [2.45, 2.75) is 77.3 Å².